The van der Waals surface area contributed by atoms with Crippen molar-refractivity contribution in [1.29, 1.82) is 0 Å². The lowest BCUT2D eigenvalue weighted by Gasteiger charge is -2.29. The van der Waals surface area contributed by atoms with Gasteiger partial charge in [0.1, 0.15) is 0 Å². The molecule has 2 aromatic rings. The minimum Gasteiger partial charge on any atom is -0.466 e. The monoisotopic (exact) mass is 321 g/mol. The van der Waals surface area contributed by atoms with Gasteiger partial charge in [-0.2, -0.15) is 0 Å². The maximum Gasteiger partial charge on any atom is 0.314 e. The van der Waals surface area contributed by atoms with E-state index in [1.165, 1.54) is 0 Å². The second-order valence-corrected chi connectivity index (χ2v) is 5.60. The molecule has 122 valence electrons. The van der Waals surface area contributed by atoms with E-state index in [4.69, 9.17) is 4.74 Å². The Balaban J connectivity index is 2.03. The smallest absolute Gasteiger partial charge is 0.314 e. The molecule has 0 unspecified atom stereocenters. The molecule has 1 amide bonds. The lowest BCUT2D eigenvalue weighted by molar-refractivity contribution is -0.149. The molecule has 1 heterocycles. The van der Waals surface area contributed by atoms with Gasteiger partial charge in [-0.05, 0) is 24.1 Å². The zero-order valence-corrected chi connectivity index (χ0v) is 13.4. The average molecular weight is 321 g/mol. The van der Waals surface area contributed by atoms with Crippen molar-refractivity contribution in [3.05, 3.63) is 77.9 Å². The van der Waals surface area contributed by atoms with E-state index in [0.717, 1.165) is 11.1 Å². The summed E-state index contributed by atoms with van der Waals surface area (Å²) in [6.07, 6.45) is 1.80. The van der Waals surface area contributed by atoms with Gasteiger partial charge in [-0.15, -0.1) is 0 Å². The van der Waals surface area contributed by atoms with Crippen LogP contribution in [0.5, 0.6) is 0 Å². The van der Waals surface area contributed by atoms with E-state index in [2.05, 4.69) is 5.32 Å². The predicted molar refractivity (Wildman–Crippen MR) is 91.9 cm³/mol. The van der Waals surface area contributed by atoms with Gasteiger partial charge in [0.05, 0.1) is 18.4 Å². The molecule has 3 rings (SSSR count). The first-order valence-electron chi connectivity index (χ1n) is 8.00. The molecule has 1 aliphatic heterocycles. The Labute approximate surface area is 141 Å². The quantitative estimate of drug-likeness (QED) is 0.880. The largest absolute Gasteiger partial charge is 0.466 e. The Morgan fingerprint density at radius 2 is 1.67 bits per heavy atom. The molecule has 0 fully saturated rings. The van der Waals surface area contributed by atoms with Crippen LogP contribution in [0.3, 0.4) is 0 Å². The third kappa shape index (κ3) is 3.23. The lowest BCUT2D eigenvalue weighted by Crippen LogP contribution is -2.40. The van der Waals surface area contributed by atoms with Gasteiger partial charge >= 0.3 is 5.97 Å². The normalized spacial score (nSPS) is 20.0. The molecule has 0 aromatic heterocycles. The number of ether oxygens (including phenoxy) is 1. The van der Waals surface area contributed by atoms with Crippen LogP contribution in [0.2, 0.25) is 0 Å². The minimum absolute atomic E-state index is 0.194. The Hall–Kier alpha value is -2.88. The fourth-order valence-corrected chi connectivity index (χ4v) is 2.94. The number of benzene rings is 2. The van der Waals surface area contributed by atoms with Crippen LogP contribution in [0, 0.1) is 5.92 Å². The SMILES string of the molecule is CCOC(=O)[C@H]1C=C(c2ccccc2)NC(=O)[C@@H]1c1ccccc1. The van der Waals surface area contributed by atoms with E-state index < -0.39 is 11.8 Å². The lowest BCUT2D eigenvalue weighted by atomic mass is 9.81. The number of hydrogen-bond donors (Lipinski definition) is 1. The molecule has 4 heteroatoms. The van der Waals surface area contributed by atoms with Crippen LogP contribution in [0.4, 0.5) is 0 Å². The van der Waals surface area contributed by atoms with Gasteiger partial charge in [-0.1, -0.05) is 60.7 Å². The van der Waals surface area contributed by atoms with Gasteiger partial charge in [0.25, 0.3) is 0 Å². The second-order valence-electron chi connectivity index (χ2n) is 5.60. The second kappa shape index (κ2) is 7.13. The van der Waals surface area contributed by atoms with Crippen molar-refractivity contribution in [2.45, 2.75) is 12.8 Å². The Morgan fingerprint density at radius 1 is 1.04 bits per heavy atom. The summed E-state index contributed by atoms with van der Waals surface area (Å²) < 4.78 is 5.20. The van der Waals surface area contributed by atoms with Gasteiger partial charge in [-0.3, -0.25) is 9.59 Å². The summed E-state index contributed by atoms with van der Waals surface area (Å²) in [6, 6.07) is 18.8. The van der Waals surface area contributed by atoms with E-state index in [0.29, 0.717) is 5.70 Å². The molecule has 4 nitrogen and oxygen atoms in total. The molecule has 24 heavy (non-hydrogen) atoms. The molecule has 0 aliphatic carbocycles. The maximum absolute atomic E-state index is 12.7. The van der Waals surface area contributed by atoms with E-state index in [1.807, 2.05) is 60.7 Å². The van der Waals surface area contributed by atoms with Gasteiger partial charge in [0.2, 0.25) is 5.91 Å². The summed E-state index contributed by atoms with van der Waals surface area (Å²) in [5, 5.41) is 2.92. The molecule has 0 bridgehead atoms. The van der Waals surface area contributed by atoms with Crippen LogP contribution < -0.4 is 5.32 Å². The van der Waals surface area contributed by atoms with Gasteiger partial charge < -0.3 is 10.1 Å². The fourth-order valence-electron chi connectivity index (χ4n) is 2.94. The standard InChI is InChI=1S/C20H19NO3/c1-2-24-20(23)16-13-17(14-9-5-3-6-10-14)21-19(22)18(16)15-11-7-4-8-12-15/h3-13,16,18H,2H2,1H3,(H,21,22)/t16-,18+/m0/s1. The summed E-state index contributed by atoms with van der Waals surface area (Å²) in [7, 11) is 0. The summed E-state index contributed by atoms with van der Waals surface area (Å²) >= 11 is 0. The topological polar surface area (TPSA) is 55.4 Å². The highest BCUT2D eigenvalue weighted by Crippen LogP contribution is 2.33. The molecule has 0 saturated carbocycles. The Morgan fingerprint density at radius 3 is 2.29 bits per heavy atom. The van der Waals surface area contributed by atoms with Gasteiger partial charge in [0, 0.05) is 5.70 Å². The van der Waals surface area contributed by atoms with Crippen molar-refractivity contribution in [1.82, 2.24) is 5.32 Å². The van der Waals surface area contributed by atoms with Crippen LogP contribution in [-0.2, 0) is 14.3 Å². The third-order valence-corrected chi connectivity index (χ3v) is 4.05. The van der Waals surface area contributed by atoms with Crippen molar-refractivity contribution in [3.8, 4) is 0 Å². The van der Waals surface area contributed by atoms with Crippen LogP contribution in [-0.4, -0.2) is 18.5 Å². The molecule has 0 saturated heterocycles. The highest BCUT2D eigenvalue weighted by molar-refractivity contribution is 5.99. The van der Waals surface area contributed by atoms with Crippen molar-refractivity contribution < 1.29 is 14.3 Å². The van der Waals surface area contributed by atoms with Crippen LogP contribution in [0.1, 0.15) is 24.0 Å². The van der Waals surface area contributed by atoms with E-state index >= 15 is 0 Å². The number of nitrogens with one attached hydrogen (secondary N) is 1. The van der Waals surface area contributed by atoms with E-state index in [9.17, 15) is 9.59 Å². The summed E-state index contributed by atoms with van der Waals surface area (Å²) in [4.78, 5) is 25.2. The molecule has 0 spiro atoms. The van der Waals surface area contributed by atoms with Crippen LogP contribution in [0.25, 0.3) is 5.70 Å². The Kier molecular flexibility index (Phi) is 4.75. The van der Waals surface area contributed by atoms with E-state index in [-0.39, 0.29) is 18.5 Å². The zero-order chi connectivity index (χ0) is 16.9. The van der Waals surface area contributed by atoms with Crippen molar-refractivity contribution in [3.63, 3.8) is 0 Å². The predicted octanol–water partition coefficient (Wildman–Crippen LogP) is 3.12. The summed E-state index contributed by atoms with van der Waals surface area (Å²) in [5.74, 6) is -1.80. The molecule has 2 atom stereocenters. The molecular formula is C20H19NO3. The molecule has 1 N–H and O–H groups in total. The molecule has 0 radical (unpaired) electrons. The molecule has 1 aliphatic rings. The first-order chi connectivity index (χ1) is 11.7. The molecular weight excluding hydrogens is 302 g/mol. The number of carbonyl (C=O) groups is 2. The average Bonchev–Trinajstić information content (AvgIpc) is 2.62. The number of carbonyl (C=O) groups excluding carboxylic acids is 2. The first-order valence-corrected chi connectivity index (χ1v) is 8.00. The summed E-state index contributed by atoms with van der Waals surface area (Å²) in [6.45, 7) is 2.05. The van der Waals surface area contributed by atoms with Gasteiger partial charge in [0.15, 0.2) is 0 Å². The van der Waals surface area contributed by atoms with Crippen LogP contribution >= 0.6 is 0 Å². The highest BCUT2D eigenvalue weighted by atomic mass is 16.5. The first kappa shape index (κ1) is 16.0. The van der Waals surface area contributed by atoms with Crippen molar-refractivity contribution in [2.24, 2.45) is 5.92 Å². The van der Waals surface area contributed by atoms with Crippen LogP contribution in [0.15, 0.2) is 66.7 Å². The minimum atomic E-state index is -0.642. The number of hydrogen-bond acceptors (Lipinski definition) is 3. The highest BCUT2D eigenvalue weighted by Gasteiger charge is 2.38. The number of esters is 1. The molecule has 2 aromatic carbocycles. The third-order valence-electron chi connectivity index (χ3n) is 4.05. The summed E-state index contributed by atoms with van der Waals surface area (Å²) in [5.41, 5.74) is 2.31. The van der Waals surface area contributed by atoms with E-state index in [1.54, 1.807) is 13.0 Å². The van der Waals surface area contributed by atoms with Crippen molar-refractivity contribution in [2.75, 3.05) is 6.61 Å². The number of rotatable bonds is 4. The van der Waals surface area contributed by atoms with Crippen molar-refractivity contribution >= 4 is 17.6 Å². The Bertz CT molecular complexity index is 753. The maximum atomic E-state index is 12.7. The number of amides is 1. The zero-order valence-electron chi connectivity index (χ0n) is 13.4. The van der Waals surface area contributed by atoms with Gasteiger partial charge in [-0.25, -0.2) is 0 Å². The fraction of sp³-hybridized carbons (Fsp3) is 0.200.